The van der Waals surface area contributed by atoms with Crippen LogP contribution in [0.2, 0.25) is 0 Å². The van der Waals surface area contributed by atoms with Gasteiger partial charge in [0.25, 0.3) is 5.91 Å². The zero-order valence-corrected chi connectivity index (χ0v) is 28.2. The smallest absolute Gasteiger partial charge is 0.263 e. The van der Waals surface area contributed by atoms with Gasteiger partial charge in [-0.15, -0.1) is 11.3 Å². The third-order valence-corrected chi connectivity index (χ3v) is 10.9. The van der Waals surface area contributed by atoms with Crippen LogP contribution in [0.25, 0.3) is 5.70 Å². The lowest BCUT2D eigenvalue weighted by Crippen LogP contribution is -2.30. The molecule has 0 saturated heterocycles. The SMILES string of the molecule is CN=C(/C=C(/C1=CCS(=O)(=O)CC1)C(C)C(C)C)C(C)=C(N)c1ccc(C(CO)NC(=O)c2cnc(C(C)(C)C)s2)cc1. The van der Waals surface area contributed by atoms with Gasteiger partial charge in [0.2, 0.25) is 0 Å². The average Bonchev–Trinajstić information content (AvgIpc) is 3.47. The van der Waals surface area contributed by atoms with E-state index >= 15 is 0 Å². The van der Waals surface area contributed by atoms with Crippen LogP contribution < -0.4 is 11.1 Å². The summed E-state index contributed by atoms with van der Waals surface area (Å²) in [6.45, 7) is 14.3. The normalized spacial score (nSPS) is 18.1. The first-order chi connectivity index (χ1) is 20.1. The lowest BCUT2D eigenvalue weighted by Gasteiger charge is -2.25. The molecule has 1 amide bonds. The van der Waals surface area contributed by atoms with Gasteiger partial charge >= 0.3 is 0 Å². The van der Waals surface area contributed by atoms with Gasteiger partial charge in [-0.05, 0) is 59.1 Å². The van der Waals surface area contributed by atoms with Crippen LogP contribution in [0.3, 0.4) is 0 Å². The minimum absolute atomic E-state index is 0.0594. The number of nitrogens with one attached hydrogen (secondary N) is 1. The zero-order chi connectivity index (χ0) is 32.1. The van der Waals surface area contributed by atoms with Crippen molar-refractivity contribution in [3.05, 3.63) is 80.3 Å². The van der Waals surface area contributed by atoms with E-state index in [0.717, 1.165) is 38.6 Å². The highest BCUT2D eigenvalue weighted by molar-refractivity contribution is 7.91. The first-order valence-corrected chi connectivity index (χ1v) is 17.2. The maximum atomic E-state index is 12.9. The number of nitrogens with two attached hydrogens (primary N) is 1. The Balaban J connectivity index is 1.86. The molecule has 0 aliphatic carbocycles. The lowest BCUT2D eigenvalue weighted by molar-refractivity contribution is 0.0920. The number of thiazole rings is 1. The van der Waals surface area contributed by atoms with Gasteiger partial charge in [0.1, 0.15) is 4.88 Å². The molecular weight excluding hydrogens is 581 g/mol. The van der Waals surface area contributed by atoms with Gasteiger partial charge in [-0.1, -0.05) is 71.9 Å². The Labute approximate surface area is 260 Å². The number of hydrogen-bond acceptors (Lipinski definition) is 8. The molecule has 1 aliphatic rings. The molecule has 0 spiro atoms. The van der Waals surface area contributed by atoms with Gasteiger partial charge in [-0.2, -0.15) is 0 Å². The highest BCUT2D eigenvalue weighted by Crippen LogP contribution is 2.32. The molecule has 1 aromatic heterocycles. The second kappa shape index (κ2) is 14.1. The number of aromatic nitrogens is 1. The maximum Gasteiger partial charge on any atom is 0.263 e. The second-order valence-corrected chi connectivity index (χ2v) is 15.7. The monoisotopic (exact) mass is 626 g/mol. The molecule has 2 atom stereocenters. The van der Waals surface area contributed by atoms with Gasteiger partial charge in [0.05, 0.1) is 41.1 Å². The fourth-order valence-electron chi connectivity index (χ4n) is 4.74. The number of amides is 1. The van der Waals surface area contributed by atoms with Crippen LogP contribution in [0.5, 0.6) is 0 Å². The van der Waals surface area contributed by atoms with Crippen LogP contribution >= 0.6 is 11.3 Å². The van der Waals surface area contributed by atoms with Crippen molar-refractivity contribution >= 4 is 38.5 Å². The molecule has 1 aliphatic heterocycles. The first-order valence-electron chi connectivity index (χ1n) is 14.6. The molecule has 4 N–H and O–H groups in total. The van der Waals surface area contributed by atoms with Crippen molar-refractivity contribution in [1.82, 2.24) is 10.3 Å². The van der Waals surface area contributed by atoms with Crippen molar-refractivity contribution in [3.8, 4) is 0 Å². The molecule has 0 radical (unpaired) electrons. The van der Waals surface area contributed by atoms with Crippen molar-refractivity contribution in [2.75, 3.05) is 25.2 Å². The molecule has 0 fully saturated rings. The number of benzene rings is 1. The maximum absolute atomic E-state index is 12.9. The summed E-state index contributed by atoms with van der Waals surface area (Å²) in [6.07, 6.45) is 5.96. The molecule has 2 aromatic rings. The van der Waals surface area contributed by atoms with Crippen LogP contribution in [0.1, 0.15) is 86.7 Å². The van der Waals surface area contributed by atoms with E-state index in [1.807, 2.05) is 64.1 Å². The van der Waals surface area contributed by atoms with E-state index in [1.165, 1.54) is 11.3 Å². The number of aliphatic hydroxyl groups excluding tert-OH is 1. The molecule has 3 rings (SSSR count). The van der Waals surface area contributed by atoms with Crippen molar-refractivity contribution in [2.45, 2.75) is 66.3 Å². The Hall–Kier alpha value is -3.08. The molecule has 43 heavy (non-hydrogen) atoms. The molecule has 2 heterocycles. The van der Waals surface area contributed by atoms with Crippen LogP contribution in [0, 0.1) is 11.8 Å². The molecule has 234 valence electrons. The number of aliphatic hydroxyl groups is 1. The summed E-state index contributed by atoms with van der Waals surface area (Å²) in [5.74, 6) is 0.492. The second-order valence-electron chi connectivity index (χ2n) is 12.5. The van der Waals surface area contributed by atoms with E-state index in [2.05, 4.69) is 36.1 Å². The van der Waals surface area contributed by atoms with Gasteiger partial charge in [-0.3, -0.25) is 9.79 Å². The van der Waals surface area contributed by atoms with E-state index < -0.39 is 15.9 Å². The van der Waals surface area contributed by atoms with Crippen LogP contribution in [-0.4, -0.2) is 55.3 Å². The number of carbonyl (C=O) groups is 1. The number of allylic oxidation sites excluding steroid dienone is 4. The Kier molecular flexibility index (Phi) is 11.3. The number of nitrogens with zero attached hydrogens (tertiary/aromatic N) is 2. The number of carbonyl (C=O) groups excluding carboxylic acids is 1. The number of sulfone groups is 1. The summed E-state index contributed by atoms with van der Waals surface area (Å²) in [6, 6.07) is 6.85. The highest BCUT2D eigenvalue weighted by Gasteiger charge is 2.25. The molecule has 8 nitrogen and oxygen atoms in total. The largest absolute Gasteiger partial charge is 0.398 e. The standard InChI is InChI=1S/C33H46N4O4S2/c1-20(2)21(3)26(23-13-15-43(40,41)16-14-23)17-27(35-8)22(4)30(34)25-11-9-24(10-12-25)28(19-38)37-31(39)29-18-36-32(42-29)33(5,6)7/h9-13,17-18,20-21,28,38H,14-16,19,34H2,1-8H3,(H,37,39)/b26-17+,30-22?,35-27?. The summed E-state index contributed by atoms with van der Waals surface area (Å²) in [5, 5.41) is 13.8. The Bertz CT molecular complexity index is 1540. The van der Waals surface area contributed by atoms with Gasteiger partial charge in [-0.25, -0.2) is 13.4 Å². The number of rotatable bonds is 10. The third kappa shape index (κ3) is 8.74. The van der Waals surface area contributed by atoms with E-state index in [4.69, 9.17) is 5.73 Å². The van der Waals surface area contributed by atoms with E-state index in [-0.39, 0.29) is 35.4 Å². The topological polar surface area (TPSA) is 135 Å². The fraction of sp³-hybridized carbons (Fsp3) is 0.485. The van der Waals surface area contributed by atoms with E-state index in [9.17, 15) is 18.3 Å². The number of hydrogen-bond donors (Lipinski definition) is 3. The van der Waals surface area contributed by atoms with E-state index in [0.29, 0.717) is 22.9 Å². The number of aliphatic imine (C=N–C) groups is 1. The Morgan fingerprint density at radius 2 is 1.86 bits per heavy atom. The Morgan fingerprint density at radius 1 is 1.21 bits per heavy atom. The quantitative estimate of drug-likeness (QED) is 0.293. The van der Waals surface area contributed by atoms with E-state index in [1.54, 1.807) is 13.2 Å². The predicted octanol–water partition coefficient (Wildman–Crippen LogP) is 5.63. The Morgan fingerprint density at radius 3 is 2.35 bits per heavy atom. The van der Waals surface area contributed by atoms with Crippen LogP contribution in [0.4, 0.5) is 0 Å². The van der Waals surface area contributed by atoms with Crippen LogP contribution in [-0.2, 0) is 15.3 Å². The van der Waals surface area contributed by atoms with Gasteiger partial charge in [0.15, 0.2) is 9.84 Å². The van der Waals surface area contributed by atoms with Gasteiger partial charge in [0, 0.05) is 18.2 Å². The molecule has 2 unspecified atom stereocenters. The summed E-state index contributed by atoms with van der Waals surface area (Å²) in [4.78, 5) is 22.3. The minimum Gasteiger partial charge on any atom is -0.398 e. The average molecular weight is 627 g/mol. The van der Waals surface area contributed by atoms with Crippen molar-refractivity contribution in [1.29, 1.82) is 0 Å². The summed E-state index contributed by atoms with van der Waals surface area (Å²) >= 11 is 1.35. The summed E-state index contributed by atoms with van der Waals surface area (Å²) in [5.41, 5.74) is 12.3. The van der Waals surface area contributed by atoms with Crippen molar-refractivity contribution in [2.24, 2.45) is 22.6 Å². The zero-order valence-electron chi connectivity index (χ0n) is 26.6. The minimum atomic E-state index is -3.04. The van der Waals surface area contributed by atoms with Crippen molar-refractivity contribution < 1.29 is 18.3 Å². The van der Waals surface area contributed by atoms with Gasteiger partial charge < -0.3 is 16.2 Å². The molecule has 1 aromatic carbocycles. The summed E-state index contributed by atoms with van der Waals surface area (Å²) < 4.78 is 24.1. The fourth-order valence-corrected chi connectivity index (χ4v) is 6.77. The molecular formula is C33H46N4O4S2. The first kappa shape index (κ1) is 34.4. The molecule has 10 heteroatoms. The molecule has 0 saturated carbocycles. The summed E-state index contributed by atoms with van der Waals surface area (Å²) in [7, 11) is -1.31. The highest BCUT2D eigenvalue weighted by atomic mass is 32.2. The molecule has 0 bridgehead atoms. The third-order valence-electron chi connectivity index (χ3n) is 7.93. The van der Waals surface area contributed by atoms with Crippen LogP contribution in [0.15, 0.2) is 64.3 Å². The lowest BCUT2D eigenvalue weighted by atomic mass is 9.83. The predicted molar refractivity (Wildman–Crippen MR) is 178 cm³/mol. The van der Waals surface area contributed by atoms with Crippen molar-refractivity contribution in [3.63, 3.8) is 0 Å².